The highest BCUT2D eigenvalue weighted by Crippen LogP contribution is 2.44. The highest BCUT2D eigenvalue weighted by Gasteiger charge is 2.35. The maximum absolute atomic E-state index is 5.95. The standard InChI is InChI=1S/C10H13NO/c1-10(2)6-7-4-3-5-12-8(7)9(10)11/h3-5H,6,11H2,1-2H3. The average molecular weight is 163 g/mol. The Morgan fingerprint density at radius 1 is 1.50 bits per heavy atom. The third kappa shape index (κ3) is 0.876. The first-order chi connectivity index (χ1) is 5.61. The Hall–Kier alpha value is -1.18. The molecule has 2 rings (SSSR count). The summed E-state index contributed by atoms with van der Waals surface area (Å²) in [5.74, 6) is 0.877. The van der Waals surface area contributed by atoms with Gasteiger partial charge >= 0.3 is 0 Å². The Bertz CT molecular complexity index is 308. The number of fused-ring (bicyclic) bond motifs is 1. The Balaban J connectivity index is 2.47. The number of nitrogens with two attached hydrogens (primary N) is 1. The van der Waals surface area contributed by atoms with E-state index < -0.39 is 0 Å². The molecule has 0 spiro atoms. The minimum atomic E-state index is 0.0627. The van der Waals surface area contributed by atoms with Crippen molar-refractivity contribution in [2.75, 3.05) is 0 Å². The lowest BCUT2D eigenvalue weighted by molar-refractivity contribution is 0.352. The second-order valence-electron chi connectivity index (χ2n) is 3.94. The molecule has 0 aromatic heterocycles. The van der Waals surface area contributed by atoms with Gasteiger partial charge in [0.1, 0.15) is 5.76 Å². The number of rotatable bonds is 0. The number of hydrogen-bond donors (Lipinski definition) is 1. The molecular formula is C10H13NO. The Labute approximate surface area is 72.4 Å². The smallest absolute Gasteiger partial charge is 0.148 e. The fourth-order valence-corrected chi connectivity index (χ4v) is 1.67. The molecule has 1 heterocycles. The van der Waals surface area contributed by atoms with Crippen LogP contribution >= 0.6 is 0 Å². The minimum absolute atomic E-state index is 0.0627. The van der Waals surface area contributed by atoms with Gasteiger partial charge in [0.15, 0.2) is 0 Å². The third-order valence-electron chi connectivity index (χ3n) is 2.46. The molecule has 64 valence electrons. The van der Waals surface area contributed by atoms with Crippen LogP contribution in [0.25, 0.3) is 0 Å². The minimum Gasteiger partial charge on any atom is -0.463 e. The molecule has 0 saturated heterocycles. The van der Waals surface area contributed by atoms with Gasteiger partial charge in [0.25, 0.3) is 0 Å². The van der Waals surface area contributed by atoms with Crippen molar-refractivity contribution in [3.8, 4) is 0 Å². The summed E-state index contributed by atoms with van der Waals surface area (Å²) >= 11 is 0. The van der Waals surface area contributed by atoms with Gasteiger partial charge in [0.05, 0.1) is 12.0 Å². The van der Waals surface area contributed by atoms with Crippen molar-refractivity contribution >= 4 is 0 Å². The Morgan fingerprint density at radius 2 is 2.25 bits per heavy atom. The van der Waals surface area contributed by atoms with E-state index in [1.54, 1.807) is 6.26 Å². The molecule has 0 radical (unpaired) electrons. The molecule has 2 heteroatoms. The summed E-state index contributed by atoms with van der Waals surface area (Å²) in [5, 5.41) is 0. The van der Waals surface area contributed by atoms with Crippen LogP contribution in [0, 0.1) is 5.41 Å². The second kappa shape index (κ2) is 2.16. The molecule has 2 N–H and O–H groups in total. The third-order valence-corrected chi connectivity index (χ3v) is 2.46. The predicted molar refractivity (Wildman–Crippen MR) is 47.9 cm³/mol. The zero-order chi connectivity index (χ0) is 8.77. The lowest BCUT2D eigenvalue weighted by Crippen LogP contribution is -2.17. The molecule has 12 heavy (non-hydrogen) atoms. The summed E-state index contributed by atoms with van der Waals surface area (Å²) in [4.78, 5) is 0. The van der Waals surface area contributed by atoms with Gasteiger partial charge in [-0.25, -0.2) is 0 Å². The summed E-state index contributed by atoms with van der Waals surface area (Å²) in [6.45, 7) is 4.27. The van der Waals surface area contributed by atoms with Crippen LogP contribution < -0.4 is 5.73 Å². The van der Waals surface area contributed by atoms with Gasteiger partial charge < -0.3 is 10.5 Å². The number of allylic oxidation sites excluding steroid dienone is 4. The topological polar surface area (TPSA) is 35.2 Å². The van der Waals surface area contributed by atoms with Gasteiger partial charge in [-0.1, -0.05) is 19.9 Å². The molecule has 1 aliphatic heterocycles. The van der Waals surface area contributed by atoms with Crippen molar-refractivity contribution in [1.29, 1.82) is 0 Å². The molecule has 0 fully saturated rings. The van der Waals surface area contributed by atoms with Crippen molar-refractivity contribution in [3.05, 3.63) is 35.4 Å². The van der Waals surface area contributed by atoms with E-state index in [1.807, 2.05) is 6.08 Å². The Kier molecular flexibility index (Phi) is 1.34. The zero-order valence-corrected chi connectivity index (χ0v) is 7.42. The molecular weight excluding hydrogens is 150 g/mol. The molecule has 0 bridgehead atoms. The first kappa shape index (κ1) is 7.47. The van der Waals surface area contributed by atoms with Crippen molar-refractivity contribution in [1.82, 2.24) is 0 Å². The van der Waals surface area contributed by atoms with E-state index >= 15 is 0 Å². The molecule has 0 atom stereocenters. The van der Waals surface area contributed by atoms with Gasteiger partial charge in [-0.05, 0) is 18.1 Å². The van der Waals surface area contributed by atoms with Gasteiger partial charge in [0, 0.05) is 5.41 Å². The van der Waals surface area contributed by atoms with Crippen LogP contribution in [0.5, 0.6) is 0 Å². The van der Waals surface area contributed by atoms with E-state index in [2.05, 4.69) is 19.9 Å². The lowest BCUT2D eigenvalue weighted by atomic mass is 9.89. The van der Waals surface area contributed by atoms with Crippen LogP contribution in [-0.2, 0) is 4.74 Å². The predicted octanol–water partition coefficient (Wildman–Crippen LogP) is 2.06. The van der Waals surface area contributed by atoms with E-state index in [9.17, 15) is 0 Å². The number of hydrogen-bond acceptors (Lipinski definition) is 2. The highest BCUT2D eigenvalue weighted by molar-refractivity contribution is 5.44. The second-order valence-corrected chi connectivity index (χ2v) is 3.94. The largest absolute Gasteiger partial charge is 0.463 e. The molecule has 2 aliphatic rings. The van der Waals surface area contributed by atoms with Crippen LogP contribution in [0.2, 0.25) is 0 Å². The van der Waals surface area contributed by atoms with E-state index in [-0.39, 0.29) is 5.41 Å². The van der Waals surface area contributed by atoms with E-state index in [1.165, 1.54) is 5.57 Å². The fraction of sp³-hybridized carbons (Fsp3) is 0.400. The molecule has 0 unspecified atom stereocenters. The summed E-state index contributed by atoms with van der Waals surface area (Å²) in [6.07, 6.45) is 6.64. The van der Waals surface area contributed by atoms with Crippen molar-refractivity contribution in [2.24, 2.45) is 11.1 Å². The average Bonchev–Trinajstić information content (AvgIpc) is 2.24. The van der Waals surface area contributed by atoms with Crippen molar-refractivity contribution in [2.45, 2.75) is 20.3 Å². The normalized spacial score (nSPS) is 25.0. The summed E-state index contributed by atoms with van der Waals surface area (Å²) in [6, 6.07) is 0. The molecule has 0 aromatic carbocycles. The zero-order valence-electron chi connectivity index (χ0n) is 7.42. The molecule has 0 amide bonds. The van der Waals surface area contributed by atoms with Crippen LogP contribution in [0.4, 0.5) is 0 Å². The van der Waals surface area contributed by atoms with Crippen LogP contribution in [0.15, 0.2) is 35.4 Å². The van der Waals surface area contributed by atoms with Gasteiger partial charge in [0.2, 0.25) is 0 Å². The summed E-state index contributed by atoms with van der Waals surface area (Å²) in [7, 11) is 0. The van der Waals surface area contributed by atoms with Crippen LogP contribution in [0.3, 0.4) is 0 Å². The molecule has 0 saturated carbocycles. The van der Waals surface area contributed by atoms with Crippen LogP contribution in [-0.4, -0.2) is 0 Å². The van der Waals surface area contributed by atoms with Crippen molar-refractivity contribution < 1.29 is 4.74 Å². The Morgan fingerprint density at radius 3 is 2.92 bits per heavy atom. The maximum Gasteiger partial charge on any atom is 0.148 e. The van der Waals surface area contributed by atoms with Crippen molar-refractivity contribution in [3.63, 3.8) is 0 Å². The van der Waals surface area contributed by atoms with Gasteiger partial charge in [-0.2, -0.15) is 0 Å². The lowest BCUT2D eigenvalue weighted by Gasteiger charge is -2.17. The van der Waals surface area contributed by atoms with E-state index in [0.717, 1.165) is 17.9 Å². The quantitative estimate of drug-likeness (QED) is 0.593. The SMILES string of the molecule is CC1(C)CC2=CC=COC2=C1N. The fourth-order valence-electron chi connectivity index (χ4n) is 1.67. The summed E-state index contributed by atoms with van der Waals surface area (Å²) in [5.41, 5.74) is 8.11. The monoisotopic (exact) mass is 163 g/mol. The van der Waals surface area contributed by atoms with E-state index in [0.29, 0.717) is 0 Å². The summed E-state index contributed by atoms with van der Waals surface area (Å²) < 4.78 is 5.36. The molecule has 2 nitrogen and oxygen atoms in total. The van der Waals surface area contributed by atoms with Gasteiger partial charge in [-0.3, -0.25) is 0 Å². The van der Waals surface area contributed by atoms with E-state index in [4.69, 9.17) is 10.5 Å². The molecule has 0 aromatic rings. The first-order valence-corrected chi connectivity index (χ1v) is 4.14. The number of ether oxygens (including phenoxy) is 1. The first-order valence-electron chi connectivity index (χ1n) is 4.14. The van der Waals surface area contributed by atoms with Gasteiger partial charge in [-0.15, -0.1) is 0 Å². The maximum atomic E-state index is 5.95. The highest BCUT2D eigenvalue weighted by atomic mass is 16.5. The van der Waals surface area contributed by atoms with Crippen LogP contribution in [0.1, 0.15) is 20.3 Å². The molecule has 1 aliphatic carbocycles.